The van der Waals surface area contributed by atoms with Crippen molar-refractivity contribution >= 4 is 10.1 Å². The van der Waals surface area contributed by atoms with E-state index >= 15 is 0 Å². The largest absolute Gasteiger partial charge is 0.376 e. The molecule has 2 aliphatic rings. The molecule has 6 heteroatoms. The van der Waals surface area contributed by atoms with E-state index in [0.717, 1.165) is 23.8 Å². The van der Waals surface area contributed by atoms with E-state index in [9.17, 15) is 8.42 Å². The summed E-state index contributed by atoms with van der Waals surface area (Å²) in [5.74, 6) is 0.331. The smallest absolute Gasteiger partial charge is 0.264 e. The van der Waals surface area contributed by atoms with Crippen molar-refractivity contribution in [1.29, 1.82) is 0 Å². The maximum Gasteiger partial charge on any atom is 0.264 e. The molecule has 31 heavy (non-hydrogen) atoms. The standard InChI is InChI=1S/C25H32O5S/c1-18-14-25(17-28-15-20-10-6-4-7-11-20)19(2)23(30-31(3,26)27)22(18)24(25)29-16-21-12-8-5-9-13-21/h4-13,18-19,22-24H,14-17H2,1-3H3/t18-,19+,22+,23+,24+,25+/m1/s1. The number of benzene rings is 2. The fraction of sp³-hybridized carbons (Fsp3) is 0.520. The minimum atomic E-state index is -3.56. The molecule has 0 heterocycles. The van der Waals surface area contributed by atoms with E-state index in [1.165, 1.54) is 0 Å². The third-order valence-corrected chi connectivity index (χ3v) is 7.67. The lowest BCUT2D eigenvalue weighted by Gasteiger charge is -2.39. The van der Waals surface area contributed by atoms with Crippen LogP contribution in [0.3, 0.4) is 0 Å². The molecular formula is C25H32O5S. The van der Waals surface area contributed by atoms with Crippen molar-refractivity contribution in [2.24, 2.45) is 23.2 Å². The fourth-order valence-electron chi connectivity index (χ4n) is 5.73. The zero-order valence-electron chi connectivity index (χ0n) is 18.4. The highest BCUT2D eigenvalue weighted by Crippen LogP contribution is 2.62. The molecule has 5 nitrogen and oxygen atoms in total. The predicted molar refractivity (Wildman–Crippen MR) is 120 cm³/mol. The highest BCUT2D eigenvalue weighted by atomic mass is 32.2. The fourth-order valence-corrected chi connectivity index (χ4v) is 6.43. The molecule has 2 saturated carbocycles. The summed E-state index contributed by atoms with van der Waals surface area (Å²) in [5, 5.41) is 0. The zero-order chi connectivity index (χ0) is 22.1. The number of hydrogen-bond acceptors (Lipinski definition) is 5. The van der Waals surface area contributed by atoms with Crippen LogP contribution in [-0.2, 0) is 37.0 Å². The Kier molecular flexibility index (Phi) is 6.54. The van der Waals surface area contributed by atoms with Crippen LogP contribution in [0.2, 0.25) is 0 Å². The quantitative estimate of drug-likeness (QED) is 0.536. The van der Waals surface area contributed by atoms with Crippen LogP contribution in [0.5, 0.6) is 0 Å². The molecule has 0 spiro atoms. The summed E-state index contributed by atoms with van der Waals surface area (Å²) in [5.41, 5.74) is 1.95. The number of hydrogen-bond donors (Lipinski definition) is 0. The lowest BCUT2D eigenvalue weighted by atomic mass is 9.72. The first-order valence-electron chi connectivity index (χ1n) is 11.0. The van der Waals surface area contributed by atoms with Crippen LogP contribution in [0.1, 0.15) is 31.4 Å². The molecule has 0 unspecified atom stereocenters. The van der Waals surface area contributed by atoms with E-state index in [1.807, 2.05) is 48.5 Å². The van der Waals surface area contributed by atoms with E-state index in [-0.39, 0.29) is 29.5 Å². The van der Waals surface area contributed by atoms with Gasteiger partial charge in [-0.25, -0.2) is 0 Å². The molecule has 168 valence electrons. The van der Waals surface area contributed by atoms with Gasteiger partial charge in [0.05, 0.1) is 38.3 Å². The highest BCUT2D eigenvalue weighted by molar-refractivity contribution is 7.86. The van der Waals surface area contributed by atoms with E-state index in [2.05, 4.69) is 26.0 Å². The molecule has 4 rings (SSSR count). The molecule has 2 aliphatic carbocycles. The molecule has 0 aromatic heterocycles. The van der Waals surface area contributed by atoms with Crippen LogP contribution in [0.25, 0.3) is 0 Å². The summed E-state index contributed by atoms with van der Waals surface area (Å²) in [6, 6.07) is 20.2. The molecule has 0 N–H and O–H groups in total. The zero-order valence-corrected chi connectivity index (χ0v) is 19.3. The molecule has 0 amide bonds. The number of fused-ring (bicyclic) bond motifs is 2. The summed E-state index contributed by atoms with van der Waals surface area (Å²) >= 11 is 0. The maximum absolute atomic E-state index is 12.0. The van der Waals surface area contributed by atoms with Crippen molar-refractivity contribution in [3.8, 4) is 0 Å². The van der Waals surface area contributed by atoms with Gasteiger partial charge in [0.25, 0.3) is 10.1 Å². The molecular weight excluding hydrogens is 412 g/mol. The number of rotatable bonds is 9. The van der Waals surface area contributed by atoms with Gasteiger partial charge in [0.1, 0.15) is 0 Å². The Labute approximate surface area is 185 Å². The average Bonchev–Trinajstić information content (AvgIpc) is 3.13. The van der Waals surface area contributed by atoms with Gasteiger partial charge in [-0.2, -0.15) is 8.42 Å². The number of ether oxygens (including phenoxy) is 2. The summed E-state index contributed by atoms with van der Waals surface area (Å²) in [4.78, 5) is 0. The van der Waals surface area contributed by atoms with Crippen LogP contribution in [0.15, 0.2) is 60.7 Å². The third-order valence-electron chi connectivity index (χ3n) is 7.09. The van der Waals surface area contributed by atoms with Gasteiger partial charge in [-0.05, 0) is 29.4 Å². The van der Waals surface area contributed by atoms with Crippen molar-refractivity contribution in [3.63, 3.8) is 0 Å². The predicted octanol–water partition coefficient (Wildman–Crippen LogP) is 4.43. The molecule has 2 aromatic carbocycles. The summed E-state index contributed by atoms with van der Waals surface area (Å²) in [7, 11) is -3.56. The molecule has 2 bridgehead atoms. The second-order valence-electron chi connectivity index (χ2n) is 9.24. The summed E-state index contributed by atoms with van der Waals surface area (Å²) in [6.07, 6.45) is 1.57. The monoisotopic (exact) mass is 444 g/mol. The van der Waals surface area contributed by atoms with Crippen LogP contribution < -0.4 is 0 Å². The van der Waals surface area contributed by atoms with Gasteiger partial charge in [0.2, 0.25) is 0 Å². The highest BCUT2D eigenvalue weighted by Gasteiger charge is 2.67. The van der Waals surface area contributed by atoms with Crippen LogP contribution in [-0.4, -0.2) is 33.5 Å². The second kappa shape index (κ2) is 9.02. The molecule has 2 fully saturated rings. The van der Waals surface area contributed by atoms with Crippen molar-refractivity contribution < 1.29 is 22.1 Å². The first kappa shape index (κ1) is 22.5. The van der Waals surface area contributed by atoms with Gasteiger partial charge in [-0.1, -0.05) is 74.5 Å². The van der Waals surface area contributed by atoms with E-state index in [1.54, 1.807) is 0 Å². The van der Waals surface area contributed by atoms with E-state index in [4.69, 9.17) is 13.7 Å². The van der Waals surface area contributed by atoms with Crippen LogP contribution >= 0.6 is 0 Å². The second-order valence-corrected chi connectivity index (χ2v) is 10.8. The van der Waals surface area contributed by atoms with Crippen molar-refractivity contribution in [2.75, 3.05) is 12.9 Å². The maximum atomic E-state index is 12.0. The first-order valence-corrected chi connectivity index (χ1v) is 12.8. The normalized spacial score (nSPS) is 32.4. The minimum Gasteiger partial charge on any atom is -0.376 e. The van der Waals surface area contributed by atoms with Crippen LogP contribution in [0.4, 0.5) is 0 Å². The molecule has 6 atom stereocenters. The molecule has 0 radical (unpaired) electrons. The summed E-state index contributed by atoms with van der Waals surface area (Å²) in [6.45, 7) is 5.80. The van der Waals surface area contributed by atoms with Crippen molar-refractivity contribution in [2.45, 2.75) is 45.7 Å². The first-order chi connectivity index (χ1) is 14.8. The summed E-state index contributed by atoms with van der Waals surface area (Å²) < 4.78 is 42.4. The molecule has 0 saturated heterocycles. The van der Waals surface area contributed by atoms with Gasteiger partial charge in [0, 0.05) is 11.3 Å². The van der Waals surface area contributed by atoms with Gasteiger partial charge in [0.15, 0.2) is 0 Å². The minimum absolute atomic E-state index is 0.0139. The van der Waals surface area contributed by atoms with Crippen molar-refractivity contribution in [1.82, 2.24) is 0 Å². The van der Waals surface area contributed by atoms with Gasteiger partial charge in [-0.3, -0.25) is 4.18 Å². The SMILES string of the molecule is C[C@@H]1C[C@]2(COCc3ccccc3)[C@@H](C)[C@H](OS(C)(=O)=O)[C@H]1[C@@H]2OCc1ccccc1. The Morgan fingerprint density at radius 3 is 2.10 bits per heavy atom. The van der Waals surface area contributed by atoms with Crippen molar-refractivity contribution in [3.05, 3.63) is 71.8 Å². The van der Waals surface area contributed by atoms with Gasteiger partial charge >= 0.3 is 0 Å². The van der Waals surface area contributed by atoms with E-state index in [0.29, 0.717) is 25.7 Å². The Balaban J connectivity index is 1.56. The lowest BCUT2D eigenvalue weighted by Crippen LogP contribution is -2.42. The molecule has 0 aliphatic heterocycles. The molecule has 2 aromatic rings. The Hall–Kier alpha value is -1.73. The van der Waals surface area contributed by atoms with E-state index < -0.39 is 10.1 Å². The lowest BCUT2D eigenvalue weighted by molar-refractivity contribution is -0.0829. The van der Waals surface area contributed by atoms with Gasteiger partial charge < -0.3 is 9.47 Å². The average molecular weight is 445 g/mol. The third kappa shape index (κ3) is 4.72. The van der Waals surface area contributed by atoms with Gasteiger partial charge in [-0.15, -0.1) is 0 Å². The topological polar surface area (TPSA) is 61.8 Å². The van der Waals surface area contributed by atoms with Crippen LogP contribution in [0, 0.1) is 23.2 Å². The Morgan fingerprint density at radius 2 is 1.52 bits per heavy atom. The Morgan fingerprint density at radius 1 is 0.935 bits per heavy atom. The Bertz CT molecular complexity index is 962.